The average Bonchev–Trinajstić information content (AvgIpc) is 3.34. The Labute approximate surface area is 230 Å². The monoisotopic (exact) mass is 564 g/mol. The summed E-state index contributed by atoms with van der Waals surface area (Å²) < 4.78 is 70.8. The molecule has 37 heavy (non-hydrogen) atoms. The predicted octanol–water partition coefficient (Wildman–Crippen LogP) is 0.827. The first-order valence-electron chi connectivity index (χ1n) is 13.8. The summed E-state index contributed by atoms with van der Waals surface area (Å²) in [6, 6.07) is -1.11. The summed E-state index contributed by atoms with van der Waals surface area (Å²) in [6.45, 7) is -6.24. The van der Waals surface area contributed by atoms with Gasteiger partial charge in [0, 0.05) is 33.4 Å². The van der Waals surface area contributed by atoms with Gasteiger partial charge in [-0.15, -0.1) is 23.1 Å². The van der Waals surface area contributed by atoms with Crippen LogP contribution in [0.4, 0.5) is 9.93 Å². The first-order chi connectivity index (χ1) is 20.4. The van der Waals surface area contributed by atoms with Crippen molar-refractivity contribution >= 4 is 57.9 Å². The third kappa shape index (κ3) is 6.50. The second-order valence-corrected chi connectivity index (χ2v) is 9.21. The molecule has 3 atom stereocenters. The van der Waals surface area contributed by atoms with E-state index >= 15 is 0 Å². The van der Waals surface area contributed by atoms with Gasteiger partial charge in [-0.2, -0.15) is 0 Å². The predicted molar refractivity (Wildman–Crippen MR) is 132 cm³/mol. The van der Waals surface area contributed by atoms with Gasteiger partial charge in [-0.05, 0) is 19.3 Å². The van der Waals surface area contributed by atoms with Crippen molar-refractivity contribution in [3.8, 4) is 0 Å². The number of aromatic nitrogens is 1. The van der Waals surface area contributed by atoms with Crippen molar-refractivity contribution in [2.45, 2.75) is 44.4 Å². The second kappa shape index (κ2) is 12.2. The van der Waals surface area contributed by atoms with E-state index in [2.05, 4.69) is 24.9 Å². The van der Waals surface area contributed by atoms with Crippen LogP contribution in [0.1, 0.15) is 35.9 Å². The quantitative estimate of drug-likeness (QED) is 0.134. The van der Waals surface area contributed by atoms with Crippen LogP contribution in [-0.2, 0) is 38.2 Å². The van der Waals surface area contributed by atoms with Gasteiger partial charge in [0.15, 0.2) is 10.8 Å². The number of nitrogens with two attached hydrogens (primary N) is 1. The number of nitrogens with one attached hydrogen (secondary N) is 1. The van der Waals surface area contributed by atoms with E-state index in [0.29, 0.717) is 5.57 Å². The highest BCUT2D eigenvalue weighted by molar-refractivity contribution is 8.00. The van der Waals surface area contributed by atoms with Crippen molar-refractivity contribution in [1.82, 2.24) is 15.2 Å². The highest BCUT2D eigenvalue weighted by atomic mass is 32.2. The molecule has 3 rings (SSSR count). The lowest BCUT2D eigenvalue weighted by atomic mass is 10.0. The van der Waals surface area contributed by atoms with Crippen molar-refractivity contribution in [3.63, 3.8) is 0 Å². The van der Waals surface area contributed by atoms with Gasteiger partial charge in [0.25, 0.3) is 11.8 Å². The second-order valence-electron chi connectivity index (χ2n) is 7.21. The first kappa shape index (κ1) is 19.7. The number of anilines is 1. The molecule has 1 saturated heterocycles. The molecule has 2 amide bonds. The number of nitrogen functional groups attached to an aromatic ring is 1. The molecule has 1 aromatic rings. The average molecular weight is 565 g/mol. The van der Waals surface area contributed by atoms with E-state index in [4.69, 9.17) is 29.6 Å². The zero-order valence-corrected chi connectivity index (χ0v) is 21.3. The maximum absolute atomic E-state index is 13.2. The normalized spacial score (nSPS) is 23.9. The highest BCUT2D eigenvalue weighted by Gasteiger charge is 2.55. The number of rotatable bonds is 10. The lowest BCUT2D eigenvalue weighted by Crippen LogP contribution is -2.71. The molecule has 2 aliphatic heterocycles. The number of fused-ring (bicyclic) bond motifs is 1. The van der Waals surface area contributed by atoms with Crippen LogP contribution >= 0.6 is 23.1 Å². The molecule has 2 aliphatic rings. The summed E-state index contributed by atoms with van der Waals surface area (Å²) >= 11 is 2.27. The molecular formula is C21H27N5O9S2. The van der Waals surface area contributed by atoms with Crippen LogP contribution in [0.5, 0.6) is 0 Å². The Bertz CT molecular complexity index is 1350. The summed E-state index contributed by atoms with van der Waals surface area (Å²) in [5, 5.41) is 7.07. The van der Waals surface area contributed by atoms with E-state index in [9.17, 15) is 19.2 Å². The first-order valence-corrected chi connectivity index (χ1v) is 12.2. The van der Waals surface area contributed by atoms with Gasteiger partial charge in [-0.1, -0.05) is 5.16 Å². The third-order valence-corrected chi connectivity index (χ3v) is 6.74. The van der Waals surface area contributed by atoms with Crippen LogP contribution in [0.25, 0.3) is 0 Å². The minimum atomic E-state index is -3.67. The number of hydrogen-bond donors (Lipinski definition) is 2. The lowest BCUT2D eigenvalue weighted by Gasteiger charge is -2.49. The topological polar surface area (TPSA) is 181 Å². The molecule has 0 aliphatic carbocycles. The molecule has 0 bridgehead atoms. The number of hydrogen-bond acceptors (Lipinski definition) is 14. The molecule has 14 nitrogen and oxygen atoms in total. The van der Waals surface area contributed by atoms with Crippen LogP contribution in [0.2, 0.25) is 0 Å². The van der Waals surface area contributed by atoms with Crippen molar-refractivity contribution < 1.29 is 52.6 Å². The third-order valence-electron chi connectivity index (χ3n) is 4.73. The molecule has 1 unspecified atom stereocenters. The molecular weight excluding hydrogens is 530 g/mol. The van der Waals surface area contributed by atoms with Crippen LogP contribution in [0, 0.1) is 0 Å². The number of esters is 1. The van der Waals surface area contributed by atoms with Gasteiger partial charge in [-0.3, -0.25) is 14.5 Å². The lowest BCUT2D eigenvalue weighted by molar-refractivity contribution is -0.169. The number of β-lactam (4-membered cyclic amide) rings is 1. The molecule has 0 saturated carbocycles. The Hall–Kier alpha value is -3.37. The Kier molecular flexibility index (Phi) is 6.52. The van der Waals surface area contributed by atoms with Gasteiger partial charge >= 0.3 is 12.1 Å². The molecule has 202 valence electrons. The fourth-order valence-electron chi connectivity index (χ4n) is 3.33. The molecule has 0 radical (unpaired) electrons. The van der Waals surface area contributed by atoms with Crippen molar-refractivity contribution in [2.24, 2.45) is 5.16 Å². The van der Waals surface area contributed by atoms with Crippen molar-refractivity contribution in [1.29, 1.82) is 0 Å². The van der Waals surface area contributed by atoms with Gasteiger partial charge in [0.05, 0.1) is 14.1 Å². The Morgan fingerprint density at radius 3 is 2.73 bits per heavy atom. The van der Waals surface area contributed by atoms with Crippen molar-refractivity contribution in [2.75, 3.05) is 32.3 Å². The summed E-state index contributed by atoms with van der Waals surface area (Å²) in [6.07, 6.45) is -7.37. The number of thiazole rings is 1. The van der Waals surface area contributed by atoms with E-state index in [1.54, 1.807) is 0 Å². The molecule has 3 heterocycles. The van der Waals surface area contributed by atoms with Crippen LogP contribution in [-0.4, -0.2) is 89.9 Å². The maximum Gasteiger partial charge on any atom is 0.511 e. The van der Waals surface area contributed by atoms with E-state index in [0.717, 1.165) is 23.2 Å². The number of ether oxygens (including phenoxy) is 4. The maximum atomic E-state index is 13.2. The number of carbonyl (C=O) groups excluding carboxylic acids is 4. The van der Waals surface area contributed by atoms with Crippen LogP contribution in [0.3, 0.4) is 0 Å². The number of amides is 2. The van der Waals surface area contributed by atoms with Crippen LogP contribution < -0.4 is 11.1 Å². The number of oxime groups is 1. The fourth-order valence-corrected chi connectivity index (χ4v) is 5.21. The standard InChI is InChI=1S/C21H27N5O9S2/c1-9(2)33-21(30)35-10(3)34-19(29)15-11(6-31-4)7-36-18-14(17(28)26(15)18)24-16(27)13(25-32-5)12-8-37-20(22)23-12/h8-10,14,18H,6-7H2,1-5H3,(H2,22,23)(H,24,27)/b25-13-/t10?,14-,18-/m1/s1/i1D3,2D3,9D. The van der Waals surface area contributed by atoms with Gasteiger partial charge < -0.3 is 34.8 Å². The van der Waals surface area contributed by atoms with Gasteiger partial charge in [0.2, 0.25) is 6.29 Å². The molecule has 0 spiro atoms. The van der Waals surface area contributed by atoms with E-state index in [1.165, 1.54) is 31.4 Å². The molecule has 16 heteroatoms. The number of nitrogens with zero attached hydrogens (tertiary/aromatic N) is 3. The largest absolute Gasteiger partial charge is 0.511 e. The van der Waals surface area contributed by atoms with E-state index in [1.807, 2.05) is 0 Å². The van der Waals surface area contributed by atoms with E-state index < -0.39 is 61.4 Å². The zero-order chi connectivity index (χ0) is 33.2. The van der Waals surface area contributed by atoms with Crippen LogP contribution in [0.15, 0.2) is 21.8 Å². The fraction of sp³-hybridized carbons (Fsp3) is 0.524. The van der Waals surface area contributed by atoms with Gasteiger partial charge in [-0.25, -0.2) is 14.6 Å². The van der Waals surface area contributed by atoms with E-state index in [-0.39, 0.29) is 34.6 Å². The molecule has 0 aromatic carbocycles. The summed E-state index contributed by atoms with van der Waals surface area (Å²) in [4.78, 5) is 61.3. The number of thioether (sulfide) groups is 1. The van der Waals surface area contributed by atoms with Gasteiger partial charge in [0.1, 0.15) is 29.9 Å². The molecule has 1 aromatic heterocycles. The Balaban J connectivity index is 1.73. The zero-order valence-electron chi connectivity index (χ0n) is 26.6. The Morgan fingerprint density at radius 2 is 2.11 bits per heavy atom. The summed E-state index contributed by atoms with van der Waals surface area (Å²) in [5.41, 5.74) is 5.57. The highest BCUT2D eigenvalue weighted by Crippen LogP contribution is 2.41. The molecule has 1 fully saturated rings. The summed E-state index contributed by atoms with van der Waals surface area (Å²) in [5.74, 6) is -2.50. The number of carbonyl (C=O) groups is 4. The minimum Gasteiger partial charge on any atom is -0.431 e. The smallest absolute Gasteiger partial charge is 0.431 e. The van der Waals surface area contributed by atoms with Crippen molar-refractivity contribution in [3.05, 3.63) is 22.3 Å². The number of methoxy groups -OCH3 is 1. The molecule has 3 N–H and O–H groups in total. The summed E-state index contributed by atoms with van der Waals surface area (Å²) in [7, 11) is 2.56. The Morgan fingerprint density at radius 1 is 1.35 bits per heavy atom. The minimum absolute atomic E-state index is 0.101. The SMILES string of the molecule is [2H]C([2H])([2H])C([2H])(OC(=O)OC(C)OC(=O)C1=C(COC)CS[C@@H]2[C@H](NC(=O)/C(=N\OC)c3csc(N)n3)C(=O)N12)C([2H])([2H])[2H].